The minimum Gasteiger partial charge on any atom is -0.100 e. The Morgan fingerprint density at radius 1 is 1.41 bits per heavy atom. The largest absolute Gasteiger partial charge is 0.100 e. The van der Waals surface area contributed by atoms with E-state index in [1.165, 1.54) is 37.7 Å². The molecular formula is C17H30. The zero-order chi connectivity index (χ0) is 12.6. The first kappa shape index (κ1) is 13.2. The predicted molar refractivity (Wildman–Crippen MR) is 75.9 cm³/mol. The lowest BCUT2D eigenvalue weighted by Crippen LogP contribution is -2.36. The molecule has 2 aliphatic carbocycles. The molecule has 0 aromatic heterocycles. The van der Waals surface area contributed by atoms with Crippen molar-refractivity contribution in [3.8, 4) is 0 Å². The molecular weight excluding hydrogens is 204 g/mol. The van der Waals surface area contributed by atoms with Crippen LogP contribution in [0.3, 0.4) is 0 Å². The summed E-state index contributed by atoms with van der Waals surface area (Å²) in [6.07, 6.45) is 8.50. The summed E-state index contributed by atoms with van der Waals surface area (Å²) < 4.78 is 0. The van der Waals surface area contributed by atoms with Crippen LogP contribution in [-0.4, -0.2) is 0 Å². The molecule has 2 fully saturated rings. The van der Waals surface area contributed by atoms with Gasteiger partial charge in [-0.3, -0.25) is 0 Å². The summed E-state index contributed by atoms with van der Waals surface area (Å²) in [5.74, 6) is 4.09. The van der Waals surface area contributed by atoms with E-state index >= 15 is 0 Å². The Hall–Kier alpha value is -0.260. The van der Waals surface area contributed by atoms with Crippen LogP contribution in [0.4, 0.5) is 0 Å². The van der Waals surface area contributed by atoms with Gasteiger partial charge in [0.15, 0.2) is 0 Å². The van der Waals surface area contributed by atoms with E-state index in [9.17, 15) is 0 Å². The van der Waals surface area contributed by atoms with Gasteiger partial charge in [0.1, 0.15) is 0 Å². The average molecular weight is 234 g/mol. The fourth-order valence-corrected chi connectivity index (χ4v) is 4.68. The van der Waals surface area contributed by atoms with Crippen molar-refractivity contribution in [2.45, 2.75) is 66.2 Å². The van der Waals surface area contributed by atoms with Crippen LogP contribution >= 0.6 is 0 Å². The van der Waals surface area contributed by atoms with Crippen molar-refractivity contribution in [2.75, 3.05) is 0 Å². The van der Waals surface area contributed by atoms with Crippen LogP contribution in [0, 0.1) is 29.1 Å². The molecule has 0 aromatic carbocycles. The molecule has 0 amide bonds. The molecule has 0 N–H and O–H groups in total. The highest BCUT2D eigenvalue weighted by Gasteiger charge is 2.69. The van der Waals surface area contributed by atoms with Crippen molar-refractivity contribution < 1.29 is 0 Å². The fraction of sp³-hybridized carbons (Fsp3) is 0.882. The third-order valence-electron chi connectivity index (χ3n) is 5.95. The first-order valence-corrected chi connectivity index (χ1v) is 7.69. The van der Waals surface area contributed by atoms with Crippen LogP contribution in [-0.2, 0) is 0 Å². The molecule has 0 radical (unpaired) electrons. The van der Waals surface area contributed by atoms with Gasteiger partial charge in [-0.2, -0.15) is 0 Å². The number of rotatable bonds is 7. The summed E-state index contributed by atoms with van der Waals surface area (Å²) in [6, 6.07) is 0. The Morgan fingerprint density at radius 2 is 2.12 bits per heavy atom. The summed E-state index contributed by atoms with van der Waals surface area (Å²) in [4.78, 5) is 0. The van der Waals surface area contributed by atoms with Gasteiger partial charge in [-0.05, 0) is 61.7 Å². The predicted octanol–water partition coefficient (Wildman–Crippen LogP) is 5.44. The van der Waals surface area contributed by atoms with Gasteiger partial charge >= 0.3 is 0 Å². The maximum Gasteiger partial charge on any atom is -0.0235 e. The van der Waals surface area contributed by atoms with Crippen LogP contribution in [0.1, 0.15) is 66.2 Å². The van der Waals surface area contributed by atoms with Gasteiger partial charge in [0.05, 0.1) is 0 Å². The lowest BCUT2D eigenvalue weighted by atomic mass is 9.62. The molecule has 0 aliphatic heterocycles. The lowest BCUT2D eigenvalue weighted by Gasteiger charge is -2.43. The SMILES string of the molecule is C=C(C)CC(CC)CCC12CC1C(CC)C2C. The van der Waals surface area contributed by atoms with Gasteiger partial charge in [0.2, 0.25) is 0 Å². The summed E-state index contributed by atoms with van der Waals surface area (Å²) in [6.45, 7) is 13.5. The second kappa shape index (κ2) is 4.78. The van der Waals surface area contributed by atoms with Crippen LogP contribution in [0.15, 0.2) is 12.2 Å². The van der Waals surface area contributed by atoms with E-state index in [1.807, 2.05) is 0 Å². The minimum atomic E-state index is 0.809. The molecule has 0 saturated heterocycles. The molecule has 5 atom stereocenters. The Labute approximate surface area is 108 Å². The molecule has 17 heavy (non-hydrogen) atoms. The normalized spacial score (nSPS) is 40.4. The molecule has 0 bridgehead atoms. The van der Waals surface area contributed by atoms with E-state index in [4.69, 9.17) is 0 Å². The van der Waals surface area contributed by atoms with Gasteiger partial charge in [0.25, 0.3) is 0 Å². The second-order valence-corrected chi connectivity index (χ2v) is 6.88. The third-order valence-corrected chi connectivity index (χ3v) is 5.95. The van der Waals surface area contributed by atoms with Gasteiger partial charge in [-0.1, -0.05) is 39.2 Å². The number of hydrogen-bond donors (Lipinski definition) is 0. The molecule has 0 heterocycles. The number of fused-ring (bicyclic) bond motifs is 1. The van der Waals surface area contributed by atoms with Crippen molar-refractivity contribution >= 4 is 0 Å². The smallest absolute Gasteiger partial charge is 0.0235 e. The maximum absolute atomic E-state index is 4.07. The molecule has 0 aromatic rings. The summed E-state index contributed by atoms with van der Waals surface area (Å²) in [5, 5.41) is 0. The Bertz CT molecular complexity index is 290. The number of hydrogen-bond acceptors (Lipinski definition) is 0. The highest BCUT2D eigenvalue weighted by molar-refractivity contribution is 5.18. The van der Waals surface area contributed by atoms with E-state index in [2.05, 4.69) is 34.3 Å². The van der Waals surface area contributed by atoms with Crippen molar-refractivity contribution in [3.05, 3.63) is 12.2 Å². The summed E-state index contributed by atoms with van der Waals surface area (Å²) in [5.41, 5.74) is 2.18. The van der Waals surface area contributed by atoms with Crippen molar-refractivity contribution in [1.82, 2.24) is 0 Å². The van der Waals surface area contributed by atoms with E-state index in [0.29, 0.717) is 0 Å². The zero-order valence-electron chi connectivity index (χ0n) is 12.3. The standard InChI is InChI=1S/C17H30/c1-6-14(10-12(3)4)8-9-17-11-16(17)15(7-2)13(17)5/h13-16H,3,6-11H2,1-2,4-5H3. The first-order chi connectivity index (χ1) is 8.05. The van der Waals surface area contributed by atoms with Crippen molar-refractivity contribution in [1.29, 1.82) is 0 Å². The maximum atomic E-state index is 4.07. The van der Waals surface area contributed by atoms with Gasteiger partial charge in [0, 0.05) is 0 Å². The van der Waals surface area contributed by atoms with Gasteiger partial charge < -0.3 is 0 Å². The molecule has 0 heteroatoms. The zero-order valence-corrected chi connectivity index (χ0v) is 12.3. The fourth-order valence-electron chi connectivity index (χ4n) is 4.68. The topological polar surface area (TPSA) is 0 Å². The molecule has 2 saturated carbocycles. The minimum absolute atomic E-state index is 0.809. The average Bonchev–Trinajstić information content (AvgIpc) is 2.94. The monoisotopic (exact) mass is 234 g/mol. The Balaban J connectivity index is 1.78. The molecule has 2 aliphatic rings. The van der Waals surface area contributed by atoms with Crippen LogP contribution in [0.25, 0.3) is 0 Å². The molecule has 0 spiro atoms. The highest BCUT2D eigenvalue weighted by atomic mass is 14.7. The molecule has 5 unspecified atom stereocenters. The van der Waals surface area contributed by atoms with Crippen LogP contribution in [0.5, 0.6) is 0 Å². The Kier molecular flexibility index (Phi) is 3.71. The highest BCUT2D eigenvalue weighted by Crippen LogP contribution is 2.76. The summed E-state index contributed by atoms with van der Waals surface area (Å²) >= 11 is 0. The van der Waals surface area contributed by atoms with Crippen LogP contribution in [0.2, 0.25) is 0 Å². The Morgan fingerprint density at radius 3 is 2.59 bits per heavy atom. The molecule has 98 valence electrons. The van der Waals surface area contributed by atoms with E-state index in [0.717, 1.165) is 29.1 Å². The lowest BCUT2D eigenvalue weighted by molar-refractivity contribution is 0.0568. The molecule has 2 rings (SSSR count). The third kappa shape index (κ3) is 2.20. The van der Waals surface area contributed by atoms with E-state index in [-0.39, 0.29) is 0 Å². The second-order valence-electron chi connectivity index (χ2n) is 6.88. The van der Waals surface area contributed by atoms with Crippen molar-refractivity contribution in [2.24, 2.45) is 29.1 Å². The van der Waals surface area contributed by atoms with E-state index < -0.39 is 0 Å². The number of allylic oxidation sites excluding steroid dienone is 1. The van der Waals surface area contributed by atoms with Crippen LogP contribution < -0.4 is 0 Å². The first-order valence-electron chi connectivity index (χ1n) is 7.69. The summed E-state index contributed by atoms with van der Waals surface area (Å²) in [7, 11) is 0. The quantitative estimate of drug-likeness (QED) is 0.514. The van der Waals surface area contributed by atoms with Crippen molar-refractivity contribution in [3.63, 3.8) is 0 Å². The van der Waals surface area contributed by atoms with Gasteiger partial charge in [-0.15, -0.1) is 6.58 Å². The molecule has 0 nitrogen and oxygen atoms in total. The van der Waals surface area contributed by atoms with Gasteiger partial charge in [-0.25, -0.2) is 0 Å². The van der Waals surface area contributed by atoms with E-state index in [1.54, 1.807) is 6.42 Å².